The molecule has 124 valence electrons. The van der Waals surface area contributed by atoms with Crippen molar-refractivity contribution < 1.29 is 9.18 Å². The fourth-order valence-electron chi connectivity index (χ4n) is 2.46. The van der Waals surface area contributed by atoms with Crippen LogP contribution in [0.1, 0.15) is 18.5 Å². The molecule has 1 amide bonds. The molecule has 0 saturated carbocycles. The predicted octanol–water partition coefficient (Wildman–Crippen LogP) is 1.15. The van der Waals surface area contributed by atoms with Gasteiger partial charge in [0.1, 0.15) is 24.1 Å². The number of benzene rings is 1. The highest BCUT2D eigenvalue weighted by Gasteiger charge is 2.13. The van der Waals surface area contributed by atoms with Gasteiger partial charge in [-0.15, -0.1) is 0 Å². The summed E-state index contributed by atoms with van der Waals surface area (Å²) in [7, 11) is 1.69. The first-order valence-corrected chi connectivity index (χ1v) is 7.37. The van der Waals surface area contributed by atoms with Crippen LogP contribution >= 0.6 is 0 Å². The van der Waals surface area contributed by atoms with E-state index in [1.807, 2.05) is 0 Å². The molecule has 1 aromatic carbocycles. The number of halogens is 1. The number of hydrogen-bond acceptors (Lipinski definition) is 4. The summed E-state index contributed by atoms with van der Waals surface area (Å²) in [5.74, 6) is -0.668. The molecule has 0 aliphatic heterocycles. The highest BCUT2D eigenvalue weighted by molar-refractivity contribution is 5.77. The van der Waals surface area contributed by atoms with E-state index >= 15 is 0 Å². The Morgan fingerprint density at radius 3 is 2.75 bits per heavy atom. The van der Waals surface area contributed by atoms with Gasteiger partial charge in [0, 0.05) is 7.05 Å². The summed E-state index contributed by atoms with van der Waals surface area (Å²) in [6, 6.07) is 5.58. The van der Waals surface area contributed by atoms with E-state index in [2.05, 4.69) is 15.4 Å². The van der Waals surface area contributed by atoms with Crippen LogP contribution in [0.2, 0.25) is 0 Å². The first-order valence-electron chi connectivity index (χ1n) is 7.37. The van der Waals surface area contributed by atoms with Gasteiger partial charge in [-0.2, -0.15) is 5.10 Å². The van der Waals surface area contributed by atoms with E-state index in [0.29, 0.717) is 11.0 Å². The maximum atomic E-state index is 12.9. The molecule has 0 aliphatic rings. The number of amides is 1. The molecule has 0 saturated heterocycles. The quantitative estimate of drug-likeness (QED) is 0.778. The van der Waals surface area contributed by atoms with Crippen molar-refractivity contribution in [3.63, 3.8) is 0 Å². The zero-order chi connectivity index (χ0) is 17.3. The Morgan fingerprint density at radius 1 is 1.33 bits per heavy atom. The minimum absolute atomic E-state index is 0.151. The van der Waals surface area contributed by atoms with Gasteiger partial charge in [-0.25, -0.2) is 9.37 Å². The second-order valence-corrected chi connectivity index (χ2v) is 5.52. The lowest BCUT2D eigenvalue weighted by Crippen LogP contribution is -2.33. The average Bonchev–Trinajstić information content (AvgIpc) is 2.92. The molecule has 0 aliphatic carbocycles. The van der Waals surface area contributed by atoms with Crippen molar-refractivity contribution in [1.29, 1.82) is 0 Å². The van der Waals surface area contributed by atoms with Crippen molar-refractivity contribution in [1.82, 2.24) is 24.6 Å². The van der Waals surface area contributed by atoms with Crippen LogP contribution in [0.15, 0.2) is 41.6 Å². The van der Waals surface area contributed by atoms with Crippen molar-refractivity contribution >= 4 is 16.9 Å². The van der Waals surface area contributed by atoms with Gasteiger partial charge in [0.2, 0.25) is 5.91 Å². The van der Waals surface area contributed by atoms with Crippen LogP contribution in [-0.2, 0) is 18.4 Å². The summed E-state index contributed by atoms with van der Waals surface area (Å²) < 4.78 is 15.7. The van der Waals surface area contributed by atoms with Gasteiger partial charge >= 0.3 is 0 Å². The lowest BCUT2D eigenvalue weighted by molar-refractivity contribution is -0.122. The van der Waals surface area contributed by atoms with Gasteiger partial charge in [-0.3, -0.25) is 18.8 Å². The maximum absolute atomic E-state index is 12.9. The van der Waals surface area contributed by atoms with Crippen molar-refractivity contribution in [2.75, 3.05) is 0 Å². The second-order valence-electron chi connectivity index (χ2n) is 5.52. The Bertz CT molecular complexity index is 945. The Hall–Kier alpha value is -3.03. The highest BCUT2D eigenvalue weighted by atomic mass is 19.1. The second kappa shape index (κ2) is 6.23. The number of carbonyl (C=O) groups is 1. The summed E-state index contributed by atoms with van der Waals surface area (Å²) >= 11 is 0. The molecule has 24 heavy (non-hydrogen) atoms. The zero-order valence-electron chi connectivity index (χ0n) is 13.2. The smallest absolute Gasteiger partial charge is 0.264 e. The molecular formula is C16H16FN5O2. The van der Waals surface area contributed by atoms with E-state index in [9.17, 15) is 14.0 Å². The number of nitrogens with zero attached hydrogens (tertiary/aromatic N) is 4. The van der Waals surface area contributed by atoms with Crippen molar-refractivity contribution in [3.8, 4) is 0 Å². The predicted molar refractivity (Wildman–Crippen MR) is 85.7 cm³/mol. The molecule has 0 spiro atoms. The highest BCUT2D eigenvalue weighted by Crippen LogP contribution is 2.12. The van der Waals surface area contributed by atoms with Crippen LogP contribution in [0.4, 0.5) is 4.39 Å². The molecule has 0 fully saturated rings. The van der Waals surface area contributed by atoms with Crippen molar-refractivity contribution in [2.45, 2.75) is 19.5 Å². The molecule has 2 aromatic heterocycles. The summed E-state index contributed by atoms with van der Waals surface area (Å²) in [6.45, 7) is 1.64. The topological polar surface area (TPSA) is 81.8 Å². The standard InChI is InChI=1S/C16H16FN5O2/c1-10(11-3-5-12(17)6-4-11)20-14(23)8-22-9-18-15-13(16(22)24)7-19-21(15)2/h3-7,9-10H,8H2,1-2H3,(H,20,23). The minimum atomic E-state index is -0.334. The fraction of sp³-hybridized carbons (Fsp3) is 0.250. The number of fused-ring (bicyclic) bond motifs is 1. The van der Waals surface area contributed by atoms with E-state index < -0.39 is 0 Å². The first kappa shape index (κ1) is 15.9. The fourth-order valence-corrected chi connectivity index (χ4v) is 2.46. The van der Waals surface area contributed by atoms with Crippen LogP contribution < -0.4 is 10.9 Å². The Labute approximate surface area is 136 Å². The third-order valence-electron chi connectivity index (χ3n) is 3.78. The number of rotatable bonds is 4. The molecule has 2 heterocycles. The molecule has 1 atom stereocenters. The van der Waals surface area contributed by atoms with E-state index in [0.717, 1.165) is 5.56 Å². The summed E-state index contributed by atoms with van der Waals surface area (Å²) in [5, 5.41) is 7.12. The molecule has 3 rings (SSSR count). The maximum Gasteiger partial charge on any atom is 0.264 e. The van der Waals surface area contributed by atoms with Gasteiger partial charge in [-0.05, 0) is 24.6 Å². The van der Waals surface area contributed by atoms with Crippen LogP contribution in [0.5, 0.6) is 0 Å². The number of carbonyl (C=O) groups excluding carboxylic acids is 1. The molecule has 0 radical (unpaired) electrons. The average molecular weight is 329 g/mol. The van der Waals surface area contributed by atoms with Crippen LogP contribution in [-0.4, -0.2) is 25.2 Å². The summed E-state index contributed by atoms with van der Waals surface area (Å²) in [5.41, 5.74) is 0.923. The largest absolute Gasteiger partial charge is 0.348 e. The lowest BCUT2D eigenvalue weighted by atomic mass is 10.1. The SMILES string of the molecule is CC(NC(=O)Cn1cnc2c(cnn2C)c1=O)c1ccc(F)cc1. The van der Waals surface area contributed by atoms with E-state index in [1.54, 1.807) is 26.1 Å². The van der Waals surface area contributed by atoms with Gasteiger partial charge < -0.3 is 5.32 Å². The molecule has 1 N–H and O–H groups in total. The first-order chi connectivity index (χ1) is 11.5. The van der Waals surface area contributed by atoms with Gasteiger partial charge in [0.05, 0.1) is 12.2 Å². The lowest BCUT2D eigenvalue weighted by Gasteiger charge is -2.15. The Kier molecular flexibility index (Phi) is 4.11. The normalized spacial score (nSPS) is 12.3. The number of nitrogens with one attached hydrogen (secondary N) is 1. The molecule has 7 nitrogen and oxygen atoms in total. The summed E-state index contributed by atoms with van der Waals surface area (Å²) in [6.07, 6.45) is 2.76. The van der Waals surface area contributed by atoms with Gasteiger partial charge in [-0.1, -0.05) is 12.1 Å². The molecule has 1 unspecified atom stereocenters. The van der Waals surface area contributed by atoms with Gasteiger partial charge in [0.25, 0.3) is 5.56 Å². The monoisotopic (exact) mass is 329 g/mol. The van der Waals surface area contributed by atoms with Crippen molar-refractivity contribution in [3.05, 3.63) is 58.5 Å². The third-order valence-corrected chi connectivity index (χ3v) is 3.78. The third kappa shape index (κ3) is 3.03. The summed E-state index contributed by atoms with van der Waals surface area (Å²) in [4.78, 5) is 28.6. The van der Waals surface area contributed by atoms with Crippen LogP contribution in [0, 0.1) is 5.82 Å². The van der Waals surface area contributed by atoms with Crippen LogP contribution in [0.3, 0.4) is 0 Å². The van der Waals surface area contributed by atoms with Crippen LogP contribution in [0.25, 0.3) is 11.0 Å². The minimum Gasteiger partial charge on any atom is -0.348 e. The number of aryl methyl sites for hydroxylation is 1. The van der Waals surface area contributed by atoms with Crippen molar-refractivity contribution in [2.24, 2.45) is 7.05 Å². The molecule has 8 heteroatoms. The Balaban J connectivity index is 1.74. The van der Waals surface area contributed by atoms with E-state index in [-0.39, 0.29) is 29.9 Å². The van der Waals surface area contributed by atoms with E-state index in [1.165, 1.54) is 33.9 Å². The number of aromatic nitrogens is 4. The Morgan fingerprint density at radius 2 is 2.04 bits per heavy atom. The molecule has 3 aromatic rings. The molecule has 0 bridgehead atoms. The number of hydrogen-bond donors (Lipinski definition) is 1. The molecular weight excluding hydrogens is 313 g/mol. The van der Waals surface area contributed by atoms with E-state index in [4.69, 9.17) is 0 Å². The van der Waals surface area contributed by atoms with Gasteiger partial charge in [0.15, 0.2) is 5.65 Å². The zero-order valence-corrected chi connectivity index (χ0v) is 13.2.